The van der Waals surface area contributed by atoms with Crippen LogP contribution in [0.25, 0.3) is 0 Å². The quantitative estimate of drug-likeness (QED) is 0.687. The van der Waals surface area contributed by atoms with Crippen molar-refractivity contribution in [3.63, 3.8) is 0 Å². The van der Waals surface area contributed by atoms with Gasteiger partial charge >= 0.3 is 6.09 Å². The molecular formula is C11H10N2O3. The van der Waals surface area contributed by atoms with Gasteiger partial charge in [-0.2, -0.15) is 5.26 Å². The molecule has 0 saturated heterocycles. The summed E-state index contributed by atoms with van der Waals surface area (Å²) in [5, 5.41) is 27.4. The van der Waals surface area contributed by atoms with Gasteiger partial charge in [-0.25, -0.2) is 4.79 Å². The summed E-state index contributed by atoms with van der Waals surface area (Å²) in [6.07, 6.45) is -0.536. The molecule has 1 amide bonds. The molecule has 2 N–H and O–H groups in total. The first-order valence-electron chi connectivity index (χ1n) is 4.85. The van der Waals surface area contributed by atoms with E-state index in [0.29, 0.717) is 24.1 Å². The Morgan fingerprint density at radius 1 is 1.44 bits per heavy atom. The molecule has 1 aromatic rings. The molecule has 0 aromatic heterocycles. The van der Waals surface area contributed by atoms with Gasteiger partial charge in [0.25, 0.3) is 0 Å². The number of hydrogen-bond donors (Lipinski definition) is 2. The highest BCUT2D eigenvalue weighted by Gasteiger charge is 2.24. The molecule has 0 saturated carbocycles. The summed E-state index contributed by atoms with van der Waals surface area (Å²) in [5.74, 6) is 0.0555. The van der Waals surface area contributed by atoms with Gasteiger partial charge in [-0.1, -0.05) is 0 Å². The summed E-state index contributed by atoms with van der Waals surface area (Å²) in [7, 11) is 0. The van der Waals surface area contributed by atoms with Crippen molar-refractivity contribution in [1.29, 1.82) is 5.26 Å². The fourth-order valence-electron chi connectivity index (χ4n) is 1.93. The average Bonchev–Trinajstić information content (AvgIpc) is 2.29. The molecule has 1 aliphatic heterocycles. The molecule has 5 nitrogen and oxygen atoms in total. The summed E-state index contributed by atoms with van der Waals surface area (Å²) >= 11 is 0. The molecule has 1 aliphatic rings. The Kier molecular flexibility index (Phi) is 2.41. The molecule has 0 unspecified atom stereocenters. The van der Waals surface area contributed by atoms with Crippen LogP contribution in [-0.4, -0.2) is 27.8 Å². The van der Waals surface area contributed by atoms with E-state index in [9.17, 15) is 9.90 Å². The van der Waals surface area contributed by atoms with Crippen LogP contribution in [0.4, 0.5) is 4.79 Å². The maximum Gasteiger partial charge on any atom is 0.407 e. The highest BCUT2D eigenvalue weighted by atomic mass is 16.4. The minimum Gasteiger partial charge on any atom is -0.508 e. The van der Waals surface area contributed by atoms with Gasteiger partial charge in [0.1, 0.15) is 5.75 Å². The lowest BCUT2D eigenvalue weighted by Crippen LogP contribution is -2.35. The minimum absolute atomic E-state index is 0.0555. The molecule has 1 aromatic carbocycles. The van der Waals surface area contributed by atoms with E-state index in [1.807, 2.05) is 6.07 Å². The van der Waals surface area contributed by atoms with Gasteiger partial charge in [0.05, 0.1) is 18.2 Å². The van der Waals surface area contributed by atoms with E-state index in [0.717, 1.165) is 5.56 Å². The largest absolute Gasteiger partial charge is 0.508 e. The van der Waals surface area contributed by atoms with Crippen LogP contribution in [0.2, 0.25) is 0 Å². The lowest BCUT2D eigenvalue weighted by atomic mass is 9.94. The Balaban J connectivity index is 2.46. The summed E-state index contributed by atoms with van der Waals surface area (Å²) in [5.41, 5.74) is 1.82. The molecule has 2 rings (SSSR count). The van der Waals surface area contributed by atoms with Gasteiger partial charge in [0, 0.05) is 12.1 Å². The van der Waals surface area contributed by atoms with E-state index in [4.69, 9.17) is 10.4 Å². The van der Waals surface area contributed by atoms with Crippen LogP contribution in [0.3, 0.4) is 0 Å². The Bertz CT molecular complexity index is 491. The molecule has 82 valence electrons. The van der Waals surface area contributed by atoms with E-state index in [1.54, 1.807) is 6.07 Å². The van der Waals surface area contributed by atoms with E-state index in [-0.39, 0.29) is 12.3 Å². The topological polar surface area (TPSA) is 84.6 Å². The Hall–Kier alpha value is -2.22. The molecule has 0 radical (unpaired) electrons. The van der Waals surface area contributed by atoms with Crippen molar-refractivity contribution in [2.45, 2.75) is 13.0 Å². The molecule has 5 heteroatoms. The van der Waals surface area contributed by atoms with Crippen LogP contribution in [0.1, 0.15) is 16.7 Å². The van der Waals surface area contributed by atoms with Crippen molar-refractivity contribution in [3.8, 4) is 11.8 Å². The molecule has 0 fully saturated rings. The van der Waals surface area contributed by atoms with Crippen LogP contribution < -0.4 is 0 Å². The zero-order chi connectivity index (χ0) is 11.7. The van der Waals surface area contributed by atoms with E-state index < -0.39 is 6.09 Å². The highest BCUT2D eigenvalue weighted by Crippen LogP contribution is 2.29. The third kappa shape index (κ3) is 1.54. The van der Waals surface area contributed by atoms with Gasteiger partial charge in [-0.15, -0.1) is 0 Å². The van der Waals surface area contributed by atoms with E-state index in [2.05, 4.69) is 0 Å². The number of nitrogens with zero attached hydrogens (tertiary/aromatic N) is 2. The number of fused-ring (bicyclic) bond motifs is 1. The number of nitriles is 1. The molecule has 0 bridgehead atoms. The SMILES string of the molecule is N#Cc1ccc(O)c2c1CCN(C(=O)O)C2. The third-order valence-electron chi connectivity index (χ3n) is 2.78. The summed E-state index contributed by atoms with van der Waals surface area (Å²) in [4.78, 5) is 12.0. The smallest absolute Gasteiger partial charge is 0.407 e. The number of carboxylic acid groups (broad SMARTS) is 1. The van der Waals surface area contributed by atoms with Crippen LogP contribution in [-0.2, 0) is 13.0 Å². The Labute approximate surface area is 92.2 Å². The number of amides is 1. The zero-order valence-corrected chi connectivity index (χ0v) is 8.47. The van der Waals surface area contributed by atoms with Crippen LogP contribution >= 0.6 is 0 Å². The highest BCUT2D eigenvalue weighted by molar-refractivity contribution is 5.66. The first-order chi connectivity index (χ1) is 7.63. The van der Waals surface area contributed by atoms with Crippen molar-refractivity contribution >= 4 is 6.09 Å². The normalized spacial score (nSPS) is 14.1. The minimum atomic E-state index is -1.01. The van der Waals surface area contributed by atoms with E-state index in [1.165, 1.54) is 11.0 Å². The maximum absolute atomic E-state index is 10.8. The molecule has 16 heavy (non-hydrogen) atoms. The van der Waals surface area contributed by atoms with E-state index >= 15 is 0 Å². The molecule has 0 spiro atoms. The van der Waals surface area contributed by atoms with Crippen molar-refractivity contribution in [2.24, 2.45) is 0 Å². The number of carbonyl (C=O) groups is 1. The first kappa shape index (κ1) is 10.3. The number of hydrogen-bond acceptors (Lipinski definition) is 3. The predicted molar refractivity (Wildman–Crippen MR) is 55.0 cm³/mol. The average molecular weight is 218 g/mol. The Morgan fingerprint density at radius 2 is 2.19 bits per heavy atom. The second-order valence-electron chi connectivity index (χ2n) is 3.66. The number of phenols is 1. The van der Waals surface area contributed by atoms with Gasteiger partial charge in [0.15, 0.2) is 0 Å². The fraction of sp³-hybridized carbons (Fsp3) is 0.273. The molecule has 1 heterocycles. The van der Waals surface area contributed by atoms with Gasteiger partial charge in [-0.05, 0) is 24.1 Å². The third-order valence-corrected chi connectivity index (χ3v) is 2.78. The standard InChI is InChI=1S/C11H10N2O3/c12-5-7-1-2-10(14)9-6-13(11(15)16)4-3-8(7)9/h1-2,14H,3-4,6H2,(H,15,16). The van der Waals surface area contributed by atoms with Crippen molar-refractivity contribution in [3.05, 3.63) is 28.8 Å². The van der Waals surface area contributed by atoms with Gasteiger partial charge in [0.2, 0.25) is 0 Å². The van der Waals surface area contributed by atoms with Crippen LogP contribution in [0.15, 0.2) is 12.1 Å². The Morgan fingerprint density at radius 3 is 2.81 bits per heavy atom. The molecule has 0 aliphatic carbocycles. The van der Waals surface area contributed by atoms with Crippen LogP contribution in [0, 0.1) is 11.3 Å². The van der Waals surface area contributed by atoms with Gasteiger partial charge in [-0.3, -0.25) is 0 Å². The molecule has 0 atom stereocenters. The second kappa shape index (κ2) is 3.74. The summed E-state index contributed by atoms with van der Waals surface area (Å²) in [6.45, 7) is 0.506. The summed E-state index contributed by atoms with van der Waals surface area (Å²) < 4.78 is 0. The first-order valence-corrected chi connectivity index (χ1v) is 4.85. The van der Waals surface area contributed by atoms with Crippen molar-refractivity contribution < 1.29 is 15.0 Å². The number of benzene rings is 1. The lowest BCUT2D eigenvalue weighted by Gasteiger charge is -2.27. The zero-order valence-electron chi connectivity index (χ0n) is 8.47. The lowest BCUT2D eigenvalue weighted by molar-refractivity contribution is 0.139. The van der Waals surface area contributed by atoms with Crippen LogP contribution in [0.5, 0.6) is 5.75 Å². The van der Waals surface area contributed by atoms with Crippen molar-refractivity contribution in [1.82, 2.24) is 4.90 Å². The maximum atomic E-state index is 10.8. The number of phenolic OH excluding ortho intramolecular Hbond substituents is 1. The molecular weight excluding hydrogens is 208 g/mol. The monoisotopic (exact) mass is 218 g/mol. The second-order valence-corrected chi connectivity index (χ2v) is 3.66. The number of rotatable bonds is 0. The van der Waals surface area contributed by atoms with Gasteiger partial charge < -0.3 is 15.1 Å². The van der Waals surface area contributed by atoms with Crippen molar-refractivity contribution in [2.75, 3.05) is 6.54 Å². The number of aromatic hydroxyl groups is 1. The summed E-state index contributed by atoms with van der Waals surface area (Å²) in [6, 6.07) is 5.04. The fourth-order valence-corrected chi connectivity index (χ4v) is 1.93. The predicted octanol–water partition coefficient (Wildman–Crippen LogP) is 1.30.